The molecule has 1 saturated carbocycles. The molecule has 20 heavy (non-hydrogen) atoms. The van der Waals surface area contributed by atoms with Gasteiger partial charge in [-0.25, -0.2) is 0 Å². The van der Waals surface area contributed by atoms with Crippen molar-refractivity contribution in [1.82, 2.24) is 14.5 Å². The predicted molar refractivity (Wildman–Crippen MR) is 77.4 cm³/mol. The van der Waals surface area contributed by atoms with E-state index in [2.05, 4.69) is 9.55 Å². The highest BCUT2D eigenvalue weighted by Gasteiger charge is 2.28. The van der Waals surface area contributed by atoms with Gasteiger partial charge in [0.05, 0.1) is 6.04 Å². The van der Waals surface area contributed by atoms with Crippen molar-refractivity contribution in [1.29, 1.82) is 0 Å². The fourth-order valence-electron chi connectivity index (χ4n) is 2.47. The van der Waals surface area contributed by atoms with E-state index < -0.39 is 0 Å². The van der Waals surface area contributed by atoms with Crippen molar-refractivity contribution in [3.8, 4) is 0 Å². The van der Waals surface area contributed by atoms with Crippen LogP contribution in [0.4, 0.5) is 0 Å². The molecule has 1 aliphatic carbocycles. The fourth-order valence-corrected chi connectivity index (χ4v) is 2.47. The quantitative estimate of drug-likeness (QED) is 0.855. The van der Waals surface area contributed by atoms with Crippen molar-refractivity contribution in [2.45, 2.75) is 31.8 Å². The summed E-state index contributed by atoms with van der Waals surface area (Å²) in [5.74, 6) is 0.0752. The van der Waals surface area contributed by atoms with Crippen molar-refractivity contribution in [3.05, 3.63) is 54.1 Å². The van der Waals surface area contributed by atoms with E-state index >= 15 is 0 Å². The van der Waals surface area contributed by atoms with Crippen molar-refractivity contribution >= 4 is 5.91 Å². The zero-order valence-electron chi connectivity index (χ0n) is 11.9. The number of hydrogen-bond donors (Lipinski definition) is 0. The lowest BCUT2D eigenvalue weighted by atomic mass is 10.1. The van der Waals surface area contributed by atoms with Crippen molar-refractivity contribution in [2.24, 2.45) is 0 Å². The largest absolute Gasteiger partial charge is 0.340 e. The predicted octanol–water partition coefficient (Wildman–Crippen LogP) is 3.05. The Balaban J connectivity index is 1.81. The molecule has 4 nitrogen and oxygen atoms in total. The number of carbonyl (C=O) groups excluding carboxylic acids is 1. The molecule has 1 fully saturated rings. The van der Waals surface area contributed by atoms with Gasteiger partial charge < -0.3 is 9.47 Å². The molecular weight excluding hydrogens is 250 g/mol. The molecule has 2 aromatic heterocycles. The van der Waals surface area contributed by atoms with Crippen LogP contribution in [0.3, 0.4) is 0 Å². The molecule has 2 aromatic rings. The van der Waals surface area contributed by atoms with Gasteiger partial charge in [0, 0.05) is 31.7 Å². The van der Waals surface area contributed by atoms with Crippen LogP contribution in [-0.2, 0) is 0 Å². The normalized spacial score (nSPS) is 15.9. The summed E-state index contributed by atoms with van der Waals surface area (Å²) in [6.45, 7) is 2.04. The van der Waals surface area contributed by atoms with Crippen LogP contribution in [-0.4, -0.2) is 27.4 Å². The first kappa shape index (κ1) is 12.9. The monoisotopic (exact) mass is 269 g/mol. The highest BCUT2D eigenvalue weighted by atomic mass is 16.2. The van der Waals surface area contributed by atoms with Crippen LogP contribution in [0.1, 0.15) is 47.9 Å². The van der Waals surface area contributed by atoms with E-state index in [0.717, 1.165) is 11.3 Å². The zero-order valence-corrected chi connectivity index (χ0v) is 11.9. The SMILES string of the molecule is CC(c1ccncc1)N(C)C(=O)c1cccn1C1CC1. The summed E-state index contributed by atoms with van der Waals surface area (Å²) in [5.41, 5.74) is 1.89. The second-order valence-electron chi connectivity index (χ2n) is 5.40. The van der Waals surface area contributed by atoms with Crippen molar-refractivity contribution in [3.63, 3.8) is 0 Å². The molecule has 4 heteroatoms. The van der Waals surface area contributed by atoms with Crippen LogP contribution in [0.25, 0.3) is 0 Å². The average molecular weight is 269 g/mol. The Bertz CT molecular complexity index is 601. The third-order valence-electron chi connectivity index (χ3n) is 4.03. The van der Waals surface area contributed by atoms with Crippen LogP contribution in [0.15, 0.2) is 42.9 Å². The van der Waals surface area contributed by atoms with Crippen LogP contribution >= 0.6 is 0 Å². The van der Waals surface area contributed by atoms with Gasteiger partial charge in [0.25, 0.3) is 5.91 Å². The first-order valence-electron chi connectivity index (χ1n) is 7.02. The molecule has 0 radical (unpaired) electrons. The van der Waals surface area contributed by atoms with Gasteiger partial charge in [-0.3, -0.25) is 9.78 Å². The lowest BCUT2D eigenvalue weighted by Crippen LogP contribution is -2.31. The van der Waals surface area contributed by atoms with E-state index in [4.69, 9.17) is 0 Å². The Morgan fingerprint density at radius 1 is 1.35 bits per heavy atom. The Hall–Kier alpha value is -2.10. The molecule has 1 amide bonds. The Kier molecular flexibility index (Phi) is 3.30. The lowest BCUT2D eigenvalue weighted by molar-refractivity contribution is 0.0731. The van der Waals surface area contributed by atoms with Gasteiger partial charge in [-0.05, 0) is 49.6 Å². The van der Waals surface area contributed by atoms with Crippen LogP contribution in [0, 0.1) is 0 Å². The maximum Gasteiger partial charge on any atom is 0.270 e. The van der Waals surface area contributed by atoms with Crippen LogP contribution < -0.4 is 0 Å². The Morgan fingerprint density at radius 3 is 2.70 bits per heavy atom. The summed E-state index contributed by atoms with van der Waals surface area (Å²) in [5, 5.41) is 0. The number of pyridine rings is 1. The third-order valence-corrected chi connectivity index (χ3v) is 4.03. The number of nitrogens with zero attached hydrogens (tertiary/aromatic N) is 3. The van der Waals surface area contributed by atoms with E-state index in [0.29, 0.717) is 6.04 Å². The van der Waals surface area contributed by atoms with E-state index in [1.54, 1.807) is 17.3 Å². The highest BCUT2D eigenvalue weighted by molar-refractivity contribution is 5.93. The molecule has 1 unspecified atom stereocenters. The lowest BCUT2D eigenvalue weighted by Gasteiger charge is -2.25. The van der Waals surface area contributed by atoms with Gasteiger partial charge >= 0.3 is 0 Å². The van der Waals surface area contributed by atoms with Gasteiger partial charge in [-0.15, -0.1) is 0 Å². The summed E-state index contributed by atoms with van der Waals surface area (Å²) < 4.78 is 2.11. The maximum atomic E-state index is 12.7. The standard InChI is InChI=1S/C16H19N3O/c1-12(13-7-9-17-10-8-13)18(2)16(20)15-4-3-11-19(15)14-5-6-14/h3-4,7-12,14H,5-6H2,1-2H3. The van der Waals surface area contributed by atoms with E-state index in [1.165, 1.54) is 12.8 Å². The number of aromatic nitrogens is 2. The summed E-state index contributed by atoms with van der Waals surface area (Å²) in [6.07, 6.45) is 7.89. The van der Waals surface area contributed by atoms with Crippen molar-refractivity contribution < 1.29 is 4.79 Å². The topological polar surface area (TPSA) is 38.1 Å². The minimum absolute atomic E-state index is 0.0352. The van der Waals surface area contributed by atoms with Crippen molar-refractivity contribution in [2.75, 3.05) is 7.05 Å². The van der Waals surface area contributed by atoms with Gasteiger partial charge in [-0.2, -0.15) is 0 Å². The number of rotatable bonds is 4. The second-order valence-corrected chi connectivity index (χ2v) is 5.40. The highest BCUT2D eigenvalue weighted by Crippen LogP contribution is 2.36. The summed E-state index contributed by atoms with van der Waals surface area (Å²) in [4.78, 5) is 18.5. The fraction of sp³-hybridized carbons (Fsp3) is 0.375. The smallest absolute Gasteiger partial charge is 0.270 e. The number of amides is 1. The van der Waals surface area contributed by atoms with Gasteiger partial charge in [0.2, 0.25) is 0 Å². The minimum atomic E-state index is 0.0352. The molecule has 0 saturated heterocycles. The third kappa shape index (κ3) is 2.33. The first-order chi connectivity index (χ1) is 9.68. The van der Waals surface area contributed by atoms with Gasteiger partial charge in [0.15, 0.2) is 0 Å². The molecule has 0 aromatic carbocycles. The number of hydrogen-bond acceptors (Lipinski definition) is 2. The van der Waals surface area contributed by atoms with Gasteiger partial charge in [0.1, 0.15) is 5.69 Å². The summed E-state index contributed by atoms with van der Waals surface area (Å²) in [7, 11) is 1.86. The molecule has 0 aliphatic heterocycles. The minimum Gasteiger partial charge on any atom is -0.340 e. The summed E-state index contributed by atoms with van der Waals surface area (Å²) in [6, 6.07) is 8.33. The average Bonchev–Trinajstić information content (AvgIpc) is 3.23. The molecule has 0 bridgehead atoms. The molecule has 0 N–H and O–H groups in total. The van der Waals surface area contributed by atoms with Crippen LogP contribution in [0.2, 0.25) is 0 Å². The number of carbonyl (C=O) groups is 1. The Labute approximate surface area is 119 Å². The van der Waals surface area contributed by atoms with Gasteiger partial charge in [-0.1, -0.05) is 0 Å². The molecule has 1 aliphatic rings. The Morgan fingerprint density at radius 2 is 2.05 bits per heavy atom. The molecule has 0 spiro atoms. The molecule has 1 atom stereocenters. The van der Waals surface area contributed by atoms with E-state index in [9.17, 15) is 4.79 Å². The second kappa shape index (κ2) is 5.12. The molecule has 2 heterocycles. The zero-order chi connectivity index (χ0) is 14.1. The molecule has 3 rings (SSSR count). The summed E-state index contributed by atoms with van der Waals surface area (Å²) >= 11 is 0. The molecule has 104 valence electrons. The van der Waals surface area contributed by atoms with Crippen LogP contribution in [0.5, 0.6) is 0 Å². The van der Waals surface area contributed by atoms with E-state index in [-0.39, 0.29) is 11.9 Å². The molecular formula is C16H19N3O. The van der Waals surface area contributed by atoms with E-state index in [1.807, 2.05) is 44.4 Å². The first-order valence-corrected chi connectivity index (χ1v) is 7.02. The maximum absolute atomic E-state index is 12.7.